The van der Waals surface area contributed by atoms with Crippen LogP contribution < -0.4 is 10.6 Å². The normalized spacial score (nSPS) is 22.8. The van der Waals surface area contributed by atoms with E-state index in [0.29, 0.717) is 23.1 Å². The molecule has 0 radical (unpaired) electrons. The fourth-order valence-corrected chi connectivity index (χ4v) is 3.21. The van der Waals surface area contributed by atoms with Gasteiger partial charge in [0.2, 0.25) is 5.91 Å². The number of aliphatic hydroxyl groups is 1. The number of hydrogen-bond acceptors (Lipinski definition) is 5. The van der Waals surface area contributed by atoms with Crippen molar-refractivity contribution in [3.63, 3.8) is 0 Å². The van der Waals surface area contributed by atoms with Gasteiger partial charge in [-0.05, 0) is 24.6 Å². The molecule has 19 heavy (non-hydrogen) atoms. The van der Waals surface area contributed by atoms with Crippen LogP contribution in [0.25, 0.3) is 10.2 Å². The van der Waals surface area contributed by atoms with Gasteiger partial charge in [0.1, 0.15) is 0 Å². The quantitative estimate of drug-likeness (QED) is 0.787. The first-order valence-electron chi connectivity index (χ1n) is 5.90. The second-order valence-corrected chi connectivity index (χ2v) is 5.94. The number of halogens is 1. The SMILES string of the molecule is O=C(Nc1nc2ccc(Cl)cc2s1)C1CC(O)CN1. The molecule has 7 heteroatoms. The number of carbonyl (C=O) groups is 1. The average molecular weight is 298 g/mol. The van der Waals surface area contributed by atoms with Crippen molar-refractivity contribution in [3.05, 3.63) is 23.2 Å². The van der Waals surface area contributed by atoms with E-state index < -0.39 is 6.10 Å². The molecule has 1 aromatic heterocycles. The highest BCUT2D eigenvalue weighted by Gasteiger charge is 2.28. The molecular formula is C12H12ClN3O2S. The smallest absolute Gasteiger partial charge is 0.243 e. The fraction of sp³-hybridized carbons (Fsp3) is 0.333. The van der Waals surface area contributed by atoms with E-state index in [1.165, 1.54) is 11.3 Å². The first-order valence-corrected chi connectivity index (χ1v) is 7.09. The summed E-state index contributed by atoms with van der Waals surface area (Å²) in [4.78, 5) is 16.3. The summed E-state index contributed by atoms with van der Waals surface area (Å²) in [6, 6.07) is 5.05. The molecule has 5 nitrogen and oxygen atoms in total. The predicted molar refractivity (Wildman–Crippen MR) is 75.7 cm³/mol. The van der Waals surface area contributed by atoms with Crippen LogP contribution in [0.4, 0.5) is 5.13 Å². The van der Waals surface area contributed by atoms with Crippen LogP contribution in [0.2, 0.25) is 5.02 Å². The number of amides is 1. The summed E-state index contributed by atoms with van der Waals surface area (Å²) >= 11 is 7.29. The number of anilines is 1. The number of nitrogens with one attached hydrogen (secondary N) is 2. The van der Waals surface area contributed by atoms with Crippen molar-refractivity contribution in [3.8, 4) is 0 Å². The molecule has 2 heterocycles. The summed E-state index contributed by atoms with van der Waals surface area (Å²) in [6.45, 7) is 0.452. The summed E-state index contributed by atoms with van der Waals surface area (Å²) in [5.41, 5.74) is 0.809. The van der Waals surface area contributed by atoms with Gasteiger partial charge in [0.05, 0.1) is 22.4 Å². The van der Waals surface area contributed by atoms with E-state index in [1.54, 1.807) is 6.07 Å². The monoisotopic (exact) mass is 297 g/mol. The topological polar surface area (TPSA) is 74.2 Å². The molecule has 1 amide bonds. The highest BCUT2D eigenvalue weighted by atomic mass is 35.5. The van der Waals surface area contributed by atoms with Crippen molar-refractivity contribution in [2.24, 2.45) is 0 Å². The van der Waals surface area contributed by atoms with Crippen molar-refractivity contribution in [2.75, 3.05) is 11.9 Å². The van der Waals surface area contributed by atoms with Crippen molar-refractivity contribution in [1.29, 1.82) is 0 Å². The third-order valence-corrected chi connectivity index (χ3v) is 4.17. The fourth-order valence-electron chi connectivity index (χ4n) is 2.06. The van der Waals surface area contributed by atoms with Gasteiger partial charge in [0, 0.05) is 11.6 Å². The van der Waals surface area contributed by atoms with Crippen LogP contribution in [0, 0.1) is 0 Å². The Bertz CT molecular complexity index is 630. The minimum atomic E-state index is -0.454. The number of β-amino-alcohol motifs (C(OH)–C–C–N with tert-alkyl or cyclic N) is 1. The van der Waals surface area contributed by atoms with Crippen molar-refractivity contribution in [2.45, 2.75) is 18.6 Å². The number of fused-ring (bicyclic) bond motifs is 1. The number of thiazole rings is 1. The summed E-state index contributed by atoms with van der Waals surface area (Å²) in [7, 11) is 0. The van der Waals surface area contributed by atoms with Gasteiger partial charge < -0.3 is 15.7 Å². The Morgan fingerprint density at radius 3 is 3.16 bits per heavy atom. The number of aromatic nitrogens is 1. The van der Waals surface area contributed by atoms with E-state index in [9.17, 15) is 9.90 Å². The maximum atomic E-state index is 12.0. The van der Waals surface area contributed by atoms with Gasteiger partial charge in [-0.3, -0.25) is 4.79 Å². The zero-order valence-electron chi connectivity index (χ0n) is 9.89. The maximum absolute atomic E-state index is 12.0. The lowest BCUT2D eigenvalue weighted by Gasteiger charge is -2.08. The molecule has 1 saturated heterocycles. The Morgan fingerprint density at radius 1 is 1.58 bits per heavy atom. The standard InChI is InChI=1S/C12H12ClN3O2S/c13-6-1-2-8-10(3-6)19-12(15-8)16-11(18)9-4-7(17)5-14-9/h1-3,7,9,14,17H,4-5H2,(H,15,16,18). The van der Waals surface area contributed by atoms with Crippen molar-refractivity contribution in [1.82, 2.24) is 10.3 Å². The zero-order valence-corrected chi connectivity index (χ0v) is 11.5. The lowest BCUT2D eigenvalue weighted by atomic mass is 10.2. The number of hydrogen-bond donors (Lipinski definition) is 3. The van der Waals surface area contributed by atoms with E-state index in [0.717, 1.165) is 10.2 Å². The second kappa shape index (κ2) is 5.05. The molecule has 0 saturated carbocycles. The lowest BCUT2D eigenvalue weighted by Crippen LogP contribution is -2.35. The highest BCUT2D eigenvalue weighted by Crippen LogP contribution is 2.28. The zero-order chi connectivity index (χ0) is 13.4. The van der Waals surface area contributed by atoms with Gasteiger partial charge in [-0.25, -0.2) is 4.98 Å². The van der Waals surface area contributed by atoms with E-state index in [-0.39, 0.29) is 11.9 Å². The van der Waals surface area contributed by atoms with Crippen LogP contribution in [0.3, 0.4) is 0 Å². The Labute approximate surface area is 118 Å². The molecule has 1 fully saturated rings. The predicted octanol–water partition coefficient (Wildman–Crippen LogP) is 1.61. The number of carbonyl (C=O) groups excluding carboxylic acids is 1. The Morgan fingerprint density at radius 2 is 2.42 bits per heavy atom. The minimum absolute atomic E-state index is 0.165. The van der Waals surface area contributed by atoms with Gasteiger partial charge in [-0.15, -0.1) is 0 Å². The van der Waals surface area contributed by atoms with Gasteiger partial charge in [-0.1, -0.05) is 22.9 Å². The van der Waals surface area contributed by atoms with Gasteiger partial charge in [0.15, 0.2) is 5.13 Å². The van der Waals surface area contributed by atoms with Crippen LogP contribution in [-0.4, -0.2) is 34.7 Å². The molecule has 2 unspecified atom stereocenters. The van der Waals surface area contributed by atoms with Gasteiger partial charge in [-0.2, -0.15) is 0 Å². The van der Waals surface area contributed by atoms with Crippen molar-refractivity contribution >= 4 is 44.2 Å². The Kier molecular flexibility index (Phi) is 3.40. The molecule has 3 N–H and O–H groups in total. The van der Waals surface area contributed by atoms with Crippen LogP contribution in [0.15, 0.2) is 18.2 Å². The molecule has 1 aromatic carbocycles. The van der Waals surface area contributed by atoms with Gasteiger partial charge in [0.25, 0.3) is 0 Å². The molecule has 2 atom stereocenters. The lowest BCUT2D eigenvalue weighted by molar-refractivity contribution is -0.117. The third kappa shape index (κ3) is 2.71. The van der Waals surface area contributed by atoms with Crippen LogP contribution in [0.5, 0.6) is 0 Å². The molecule has 1 aliphatic rings. The first-order chi connectivity index (χ1) is 9.11. The van der Waals surface area contributed by atoms with Crippen LogP contribution in [0.1, 0.15) is 6.42 Å². The van der Waals surface area contributed by atoms with E-state index in [4.69, 9.17) is 11.6 Å². The number of nitrogens with zero attached hydrogens (tertiary/aromatic N) is 1. The van der Waals surface area contributed by atoms with Crippen LogP contribution >= 0.6 is 22.9 Å². The molecular weight excluding hydrogens is 286 g/mol. The molecule has 0 aliphatic carbocycles. The largest absolute Gasteiger partial charge is 0.392 e. The third-order valence-electron chi connectivity index (χ3n) is 3.00. The summed E-state index contributed by atoms with van der Waals surface area (Å²) < 4.78 is 0.933. The van der Waals surface area contributed by atoms with Gasteiger partial charge >= 0.3 is 0 Å². The maximum Gasteiger partial charge on any atom is 0.243 e. The highest BCUT2D eigenvalue weighted by molar-refractivity contribution is 7.22. The summed E-state index contributed by atoms with van der Waals surface area (Å²) in [5, 5.41) is 16.3. The molecule has 0 bridgehead atoms. The molecule has 1 aliphatic heterocycles. The van der Waals surface area contributed by atoms with Crippen molar-refractivity contribution < 1.29 is 9.90 Å². The minimum Gasteiger partial charge on any atom is -0.392 e. The summed E-state index contributed by atoms with van der Waals surface area (Å²) in [6.07, 6.45) is -0.0207. The van der Waals surface area contributed by atoms with Crippen LogP contribution in [-0.2, 0) is 4.79 Å². The van der Waals surface area contributed by atoms with E-state index >= 15 is 0 Å². The molecule has 3 rings (SSSR count). The molecule has 2 aromatic rings. The summed E-state index contributed by atoms with van der Waals surface area (Å²) in [5.74, 6) is -0.165. The molecule has 0 spiro atoms. The number of aliphatic hydroxyl groups excluding tert-OH is 1. The average Bonchev–Trinajstić information content (AvgIpc) is 2.94. The first kappa shape index (κ1) is 12.8. The Hall–Kier alpha value is -1.21. The number of benzene rings is 1. The second-order valence-electron chi connectivity index (χ2n) is 4.47. The van der Waals surface area contributed by atoms with E-state index in [2.05, 4.69) is 15.6 Å². The number of rotatable bonds is 2. The van der Waals surface area contributed by atoms with E-state index in [1.807, 2.05) is 12.1 Å². The Balaban J connectivity index is 1.76. The molecule has 100 valence electrons.